The molecule has 9 heteroatoms. The number of hydrogen-bond donors (Lipinski definition) is 2. The summed E-state index contributed by atoms with van der Waals surface area (Å²) in [6, 6.07) is 11.2. The van der Waals surface area contributed by atoms with E-state index in [1.165, 1.54) is 6.07 Å². The van der Waals surface area contributed by atoms with Crippen LogP contribution in [0.5, 0.6) is 5.88 Å². The number of rotatable bonds is 4. The van der Waals surface area contributed by atoms with Gasteiger partial charge in [0.1, 0.15) is 11.8 Å². The van der Waals surface area contributed by atoms with Gasteiger partial charge in [-0.15, -0.1) is 0 Å². The molecule has 6 nitrogen and oxygen atoms in total. The Labute approximate surface area is 160 Å². The fourth-order valence-corrected chi connectivity index (χ4v) is 2.95. The Hall–Kier alpha value is -2.81. The second-order valence-corrected chi connectivity index (χ2v) is 6.50. The average Bonchev–Trinajstić information content (AvgIpc) is 2.68. The summed E-state index contributed by atoms with van der Waals surface area (Å²) in [4.78, 5) is 17.5. The number of ether oxygens (including phenoxy) is 1. The minimum Gasteiger partial charge on any atom is -0.474 e. The Balaban J connectivity index is 1.58. The van der Waals surface area contributed by atoms with Crippen molar-refractivity contribution in [1.82, 2.24) is 9.88 Å². The number of amides is 2. The van der Waals surface area contributed by atoms with Gasteiger partial charge in [-0.1, -0.05) is 18.2 Å². The monoisotopic (exact) mass is 394 g/mol. The van der Waals surface area contributed by atoms with E-state index in [9.17, 15) is 18.0 Å². The van der Waals surface area contributed by atoms with Crippen LogP contribution in [0.15, 0.2) is 42.5 Å². The minimum absolute atomic E-state index is 0.0416. The summed E-state index contributed by atoms with van der Waals surface area (Å²) in [5.74, 6) is -0.0949. The highest BCUT2D eigenvalue weighted by atomic mass is 19.4. The van der Waals surface area contributed by atoms with E-state index in [2.05, 4.69) is 10.3 Å². The molecule has 1 aliphatic rings. The number of hydrogen-bond acceptors (Lipinski definition) is 4. The van der Waals surface area contributed by atoms with Crippen molar-refractivity contribution in [3.63, 3.8) is 0 Å². The summed E-state index contributed by atoms with van der Waals surface area (Å²) in [6.07, 6.45) is -3.89. The predicted octanol–water partition coefficient (Wildman–Crippen LogP) is 3.63. The van der Waals surface area contributed by atoms with E-state index in [1.807, 2.05) is 18.2 Å². The molecule has 0 bridgehead atoms. The number of anilines is 1. The maximum Gasteiger partial charge on any atom is 0.433 e. The van der Waals surface area contributed by atoms with Crippen LogP contribution in [0.3, 0.4) is 0 Å². The summed E-state index contributed by atoms with van der Waals surface area (Å²) < 4.78 is 44.6. The number of halogens is 3. The van der Waals surface area contributed by atoms with Crippen molar-refractivity contribution in [3.05, 3.63) is 53.7 Å². The summed E-state index contributed by atoms with van der Waals surface area (Å²) in [5, 5.41) is 2.81. The molecule has 28 heavy (non-hydrogen) atoms. The van der Waals surface area contributed by atoms with Crippen LogP contribution in [-0.2, 0) is 12.7 Å². The van der Waals surface area contributed by atoms with Crippen molar-refractivity contribution in [1.29, 1.82) is 0 Å². The molecule has 0 radical (unpaired) electrons. The van der Waals surface area contributed by atoms with E-state index in [-0.39, 0.29) is 24.6 Å². The van der Waals surface area contributed by atoms with E-state index in [1.54, 1.807) is 17.0 Å². The van der Waals surface area contributed by atoms with E-state index >= 15 is 0 Å². The van der Waals surface area contributed by atoms with Crippen molar-refractivity contribution in [3.8, 4) is 5.88 Å². The molecule has 0 saturated carbocycles. The number of pyridine rings is 1. The van der Waals surface area contributed by atoms with Gasteiger partial charge in [0.2, 0.25) is 5.88 Å². The first-order valence-electron chi connectivity index (χ1n) is 8.91. The number of urea groups is 1. The highest BCUT2D eigenvalue weighted by molar-refractivity contribution is 5.89. The van der Waals surface area contributed by atoms with Crippen LogP contribution in [0.4, 0.5) is 23.7 Å². The van der Waals surface area contributed by atoms with Crippen molar-refractivity contribution in [2.45, 2.75) is 31.7 Å². The first-order chi connectivity index (χ1) is 13.3. The first kappa shape index (κ1) is 19.9. The number of para-hydroxylation sites is 1. The zero-order chi connectivity index (χ0) is 20.1. The van der Waals surface area contributed by atoms with Gasteiger partial charge in [0.05, 0.1) is 0 Å². The van der Waals surface area contributed by atoms with E-state index in [4.69, 9.17) is 10.5 Å². The van der Waals surface area contributed by atoms with Gasteiger partial charge in [-0.05, 0) is 23.8 Å². The number of likely N-dealkylation sites (tertiary alicyclic amines) is 1. The van der Waals surface area contributed by atoms with Gasteiger partial charge in [-0.2, -0.15) is 13.2 Å². The van der Waals surface area contributed by atoms with Crippen LogP contribution in [0.1, 0.15) is 24.1 Å². The lowest BCUT2D eigenvalue weighted by atomic mass is 10.1. The standard InChI is InChI=1S/C19H21F3N4O2/c20-19(21,22)16-10-13(12-23)11-17(25-16)28-15-6-8-26(9-7-15)18(27)24-14-4-2-1-3-5-14/h1-5,10-11,15H,6-9,12,23H2,(H,24,27). The number of alkyl halides is 3. The number of aromatic nitrogens is 1. The van der Waals surface area contributed by atoms with Crippen LogP contribution < -0.4 is 15.8 Å². The van der Waals surface area contributed by atoms with Crippen LogP contribution in [0.2, 0.25) is 0 Å². The largest absolute Gasteiger partial charge is 0.474 e. The fourth-order valence-electron chi connectivity index (χ4n) is 2.95. The molecule has 3 N–H and O–H groups in total. The van der Waals surface area contributed by atoms with E-state index < -0.39 is 11.9 Å². The number of carbonyl (C=O) groups excluding carboxylic acids is 1. The molecule has 2 aromatic rings. The molecule has 1 aliphatic heterocycles. The molecule has 2 amide bonds. The quantitative estimate of drug-likeness (QED) is 0.830. The number of nitrogens with one attached hydrogen (secondary N) is 1. The lowest BCUT2D eigenvalue weighted by molar-refractivity contribution is -0.141. The molecule has 1 saturated heterocycles. The van der Waals surface area contributed by atoms with Gasteiger partial charge in [0.15, 0.2) is 0 Å². The third-order valence-corrected chi connectivity index (χ3v) is 4.43. The normalized spacial score (nSPS) is 15.4. The molecule has 3 rings (SSSR count). The van der Waals surface area contributed by atoms with Crippen LogP contribution >= 0.6 is 0 Å². The van der Waals surface area contributed by atoms with Gasteiger partial charge in [0, 0.05) is 44.2 Å². The molecule has 0 unspecified atom stereocenters. The molecule has 1 aromatic heterocycles. The minimum atomic E-state index is -4.57. The number of carbonyl (C=O) groups is 1. The predicted molar refractivity (Wildman–Crippen MR) is 97.8 cm³/mol. The van der Waals surface area contributed by atoms with Crippen molar-refractivity contribution in [2.75, 3.05) is 18.4 Å². The van der Waals surface area contributed by atoms with Gasteiger partial charge in [0.25, 0.3) is 0 Å². The third-order valence-electron chi connectivity index (χ3n) is 4.43. The van der Waals surface area contributed by atoms with Crippen molar-refractivity contribution < 1.29 is 22.7 Å². The Morgan fingerprint density at radius 1 is 1.21 bits per heavy atom. The topological polar surface area (TPSA) is 80.5 Å². The number of piperidine rings is 1. The average molecular weight is 394 g/mol. The first-order valence-corrected chi connectivity index (χ1v) is 8.91. The molecule has 0 atom stereocenters. The molecular weight excluding hydrogens is 373 g/mol. The Morgan fingerprint density at radius 2 is 1.89 bits per heavy atom. The van der Waals surface area contributed by atoms with Gasteiger partial charge in [-0.3, -0.25) is 0 Å². The highest BCUT2D eigenvalue weighted by Gasteiger charge is 2.34. The number of nitrogens with two attached hydrogens (primary N) is 1. The summed E-state index contributed by atoms with van der Waals surface area (Å²) in [5.41, 5.74) is 5.46. The fraction of sp³-hybridized carbons (Fsp3) is 0.368. The lowest BCUT2D eigenvalue weighted by Crippen LogP contribution is -2.43. The highest BCUT2D eigenvalue weighted by Crippen LogP contribution is 2.30. The van der Waals surface area contributed by atoms with E-state index in [0.29, 0.717) is 37.2 Å². The number of benzene rings is 1. The Bertz CT molecular complexity index is 807. The lowest BCUT2D eigenvalue weighted by Gasteiger charge is -2.32. The molecule has 0 aliphatic carbocycles. The van der Waals surface area contributed by atoms with Crippen LogP contribution in [-0.4, -0.2) is 35.1 Å². The zero-order valence-corrected chi connectivity index (χ0v) is 15.1. The molecule has 0 spiro atoms. The maximum absolute atomic E-state index is 13.0. The second kappa shape index (κ2) is 8.47. The molecule has 150 valence electrons. The third kappa shape index (κ3) is 5.13. The molecule has 1 aromatic carbocycles. The summed E-state index contributed by atoms with van der Waals surface area (Å²) >= 11 is 0. The summed E-state index contributed by atoms with van der Waals surface area (Å²) in [7, 11) is 0. The smallest absolute Gasteiger partial charge is 0.433 e. The van der Waals surface area contributed by atoms with Gasteiger partial charge >= 0.3 is 12.2 Å². The summed E-state index contributed by atoms with van der Waals surface area (Å²) in [6.45, 7) is 0.831. The molecule has 2 heterocycles. The Morgan fingerprint density at radius 3 is 2.50 bits per heavy atom. The van der Waals surface area contributed by atoms with Crippen LogP contribution in [0, 0.1) is 0 Å². The van der Waals surface area contributed by atoms with Gasteiger partial charge < -0.3 is 20.7 Å². The Kier molecular flexibility index (Phi) is 6.03. The van der Waals surface area contributed by atoms with Crippen molar-refractivity contribution in [2.24, 2.45) is 5.73 Å². The van der Waals surface area contributed by atoms with Crippen LogP contribution in [0.25, 0.3) is 0 Å². The zero-order valence-electron chi connectivity index (χ0n) is 15.1. The maximum atomic E-state index is 13.0. The van der Waals surface area contributed by atoms with Gasteiger partial charge in [-0.25, -0.2) is 9.78 Å². The second-order valence-electron chi connectivity index (χ2n) is 6.50. The van der Waals surface area contributed by atoms with Crippen molar-refractivity contribution >= 4 is 11.7 Å². The molecule has 1 fully saturated rings. The number of nitrogens with zero attached hydrogens (tertiary/aromatic N) is 2. The molecular formula is C19H21F3N4O2. The SMILES string of the molecule is NCc1cc(OC2CCN(C(=O)Nc3ccccc3)CC2)nc(C(F)(F)F)c1. The van der Waals surface area contributed by atoms with E-state index in [0.717, 1.165) is 6.07 Å².